The molecule has 2 N–H and O–H groups in total. The highest BCUT2D eigenvalue weighted by Gasteiger charge is 2.40. The van der Waals surface area contributed by atoms with Crippen LogP contribution in [0.25, 0.3) is 0 Å². The number of carbonyl (C=O) groups is 1. The number of aliphatic hydroxyl groups excluding tert-OH is 2. The van der Waals surface area contributed by atoms with Gasteiger partial charge in [-0.2, -0.15) is 0 Å². The van der Waals surface area contributed by atoms with Crippen molar-refractivity contribution < 1.29 is 19.7 Å². The first-order valence-corrected chi connectivity index (χ1v) is 6.74. The van der Waals surface area contributed by atoms with Gasteiger partial charge in [-0.15, -0.1) is 6.58 Å². The molecule has 0 aromatic heterocycles. The minimum absolute atomic E-state index is 0.0176. The van der Waals surface area contributed by atoms with E-state index >= 15 is 0 Å². The fourth-order valence-electron chi connectivity index (χ4n) is 3.24. The molecule has 0 bridgehead atoms. The van der Waals surface area contributed by atoms with E-state index in [0.717, 1.165) is 24.0 Å². The normalized spacial score (nSPS) is 37.3. The van der Waals surface area contributed by atoms with Crippen molar-refractivity contribution in [2.75, 3.05) is 19.8 Å². The summed E-state index contributed by atoms with van der Waals surface area (Å²) in [6.07, 6.45) is 3.82. The van der Waals surface area contributed by atoms with E-state index in [4.69, 9.17) is 4.74 Å². The number of carbonyl (C=O) groups excluding carboxylic acids is 1. The van der Waals surface area contributed by atoms with Crippen LogP contribution in [0.4, 0.5) is 0 Å². The number of ether oxygens (including phenoxy) is 1. The van der Waals surface area contributed by atoms with Gasteiger partial charge >= 0.3 is 5.97 Å². The van der Waals surface area contributed by atoms with Gasteiger partial charge in [0.05, 0.1) is 19.6 Å². The smallest absolute Gasteiger partial charge is 0.306 e. The number of hydrogen-bond donors (Lipinski definition) is 2. The number of aliphatic hydroxyl groups is 2. The molecule has 0 aromatic rings. The summed E-state index contributed by atoms with van der Waals surface area (Å²) < 4.78 is 5.00. The second-order valence-electron chi connectivity index (χ2n) is 5.98. The Hall–Kier alpha value is -1.13. The maximum absolute atomic E-state index is 11.2. The first-order chi connectivity index (χ1) is 9.03. The van der Waals surface area contributed by atoms with Crippen molar-refractivity contribution in [2.45, 2.75) is 26.2 Å². The summed E-state index contributed by atoms with van der Waals surface area (Å²) >= 11 is 0. The lowest BCUT2D eigenvalue weighted by molar-refractivity contribution is -0.137. The molecule has 4 heteroatoms. The molecule has 106 valence electrons. The van der Waals surface area contributed by atoms with Gasteiger partial charge in [-0.05, 0) is 29.7 Å². The third kappa shape index (κ3) is 2.74. The van der Waals surface area contributed by atoms with Gasteiger partial charge in [-0.3, -0.25) is 4.79 Å². The molecule has 0 spiro atoms. The van der Waals surface area contributed by atoms with E-state index in [-0.39, 0.29) is 36.4 Å². The first-order valence-electron chi connectivity index (χ1n) is 6.74. The van der Waals surface area contributed by atoms with E-state index < -0.39 is 0 Å². The lowest BCUT2D eigenvalue weighted by Gasteiger charge is -2.20. The van der Waals surface area contributed by atoms with Crippen LogP contribution in [-0.2, 0) is 9.53 Å². The lowest BCUT2D eigenvalue weighted by Crippen LogP contribution is -2.17. The van der Waals surface area contributed by atoms with Gasteiger partial charge in [0.1, 0.15) is 0 Å². The molecule has 3 atom stereocenters. The van der Waals surface area contributed by atoms with Crippen molar-refractivity contribution in [3.05, 3.63) is 23.8 Å². The third-order valence-electron chi connectivity index (χ3n) is 4.38. The SMILES string of the molecule is C=C[C@@H]1C[C@@](C)(CO)C/C1=C(\CO)C1COC(=O)C1. The van der Waals surface area contributed by atoms with Crippen molar-refractivity contribution in [2.24, 2.45) is 17.3 Å². The monoisotopic (exact) mass is 266 g/mol. The fourth-order valence-corrected chi connectivity index (χ4v) is 3.24. The van der Waals surface area contributed by atoms with Crippen LogP contribution in [0, 0.1) is 17.3 Å². The maximum Gasteiger partial charge on any atom is 0.306 e. The molecule has 0 aromatic carbocycles. The van der Waals surface area contributed by atoms with Crippen LogP contribution in [0.1, 0.15) is 26.2 Å². The molecular weight excluding hydrogens is 244 g/mol. The third-order valence-corrected chi connectivity index (χ3v) is 4.38. The fraction of sp³-hybridized carbons (Fsp3) is 0.667. The standard InChI is InChI=1S/C15H22O4/c1-3-10-5-15(2,9-17)6-12(10)13(7-16)11-4-14(18)19-8-11/h3,10-11,16-17H,1,4-9H2,2H3/b13-12-/t10-,11?,15-/m1/s1. The first kappa shape index (κ1) is 14.3. The highest BCUT2D eigenvalue weighted by molar-refractivity contribution is 5.72. The number of rotatable bonds is 4. The van der Waals surface area contributed by atoms with Crippen LogP contribution in [0.15, 0.2) is 23.8 Å². The molecule has 0 radical (unpaired) electrons. The van der Waals surface area contributed by atoms with Gasteiger partial charge in [-0.1, -0.05) is 18.6 Å². The van der Waals surface area contributed by atoms with E-state index in [1.54, 1.807) is 0 Å². The molecule has 1 aliphatic carbocycles. The lowest BCUT2D eigenvalue weighted by atomic mass is 9.87. The largest absolute Gasteiger partial charge is 0.465 e. The molecule has 4 nitrogen and oxygen atoms in total. The van der Waals surface area contributed by atoms with Gasteiger partial charge in [0.25, 0.3) is 0 Å². The Morgan fingerprint density at radius 1 is 1.58 bits per heavy atom. The van der Waals surface area contributed by atoms with Crippen LogP contribution in [0.2, 0.25) is 0 Å². The summed E-state index contributed by atoms with van der Waals surface area (Å²) in [6.45, 7) is 6.33. The molecule has 0 amide bonds. The highest BCUT2D eigenvalue weighted by atomic mass is 16.5. The van der Waals surface area contributed by atoms with E-state index in [2.05, 4.69) is 6.58 Å². The molecule has 1 heterocycles. The van der Waals surface area contributed by atoms with Crippen molar-refractivity contribution in [3.8, 4) is 0 Å². The Bertz CT molecular complexity index is 412. The minimum atomic E-state index is -0.199. The zero-order valence-electron chi connectivity index (χ0n) is 11.4. The quantitative estimate of drug-likeness (QED) is 0.597. The summed E-state index contributed by atoms with van der Waals surface area (Å²) in [6, 6.07) is 0. The second-order valence-corrected chi connectivity index (χ2v) is 5.98. The van der Waals surface area contributed by atoms with E-state index in [9.17, 15) is 15.0 Å². The second kappa shape index (κ2) is 5.47. The summed E-state index contributed by atoms with van der Waals surface area (Å²) in [7, 11) is 0. The molecule has 2 aliphatic rings. The zero-order chi connectivity index (χ0) is 14.0. The van der Waals surface area contributed by atoms with Crippen LogP contribution < -0.4 is 0 Å². The Kier molecular flexibility index (Phi) is 4.11. The van der Waals surface area contributed by atoms with Crippen LogP contribution in [-0.4, -0.2) is 36.0 Å². The number of hydrogen-bond acceptors (Lipinski definition) is 4. The van der Waals surface area contributed by atoms with Crippen molar-refractivity contribution in [1.29, 1.82) is 0 Å². The van der Waals surface area contributed by atoms with Gasteiger partial charge in [0.15, 0.2) is 0 Å². The van der Waals surface area contributed by atoms with Crippen molar-refractivity contribution in [1.82, 2.24) is 0 Å². The molecule has 2 rings (SSSR count). The van der Waals surface area contributed by atoms with Gasteiger partial charge in [-0.25, -0.2) is 0 Å². The topological polar surface area (TPSA) is 66.8 Å². The van der Waals surface area contributed by atoms with Gasteiger partial charge in [0, 0.05) is 12.5 Å². The summed E-state index contributed by atoms with van der Waals surface area (Å²) in [5, 5.41) is 19.2. The minimum Gasteiger partial charge on any atom is -0.465 e. The van der Waals surface area contributed by atoms with Crippen LogP contribution >= 0.6 is 0 Å². The summed E-state index contributed by atoms with van der Waals surface area (Å²) in [5.74, 6) is -0.0411. The van der Waals surface area contributed by atoms with E-state index in [0.29, 0.717) is 13.0 Å². The Morgan fingerprint density at radius 2 is 2.32 bits per heavy atom. The molecule has 1 unspecified atom stereocenters. The average molecular weight is 266 g/mol. The Labute approximate surface area is 113 Å². The van der Waals surface area contributed by atoms with Crippen molar-refractivity contribution >= 4 is 5.97 Å². The Morgan fingerprint density at radius 3 is 2.79 bits per heavy atom. The van der Waals surface area contributed by atoms with Gasteiger partial charge < -0.3 is 14.9 Å². The van der Waals surface area contributed by atoms with Crippen molar-refractivity contribution in [3.63, 3.8) is 0 Å². The molecule has 1 aliphatic heterocycles. The molecule has 1 saturated heterocycles. The van der Waals surface area contributed by atoms with E-state index in [1.165, 1.54) is 0 Å². The highest BCUT2D eigenvalue weighted by Crippen LogP contribution is 2.48. The van der Waals surface area contributed by atoms with Gasteiger partial charge in [0.2, 0.25) is 0 Å². The number of cyclic esters (lactones) is 1. The molecule has 19 heavy (non-hydrogen) atoms. The number of allylic oxidation sites excluding steroid dienone is 2. The molecule has 1 saturated carbocycles. The summed E-state index contributed by atoms with van der Waals surface area (Å²) in [5.41, 5.74) is 1.89. The van der Waals surface area contributed by atoms with Crippen LogP contribution in [0.3, 0.4) is 0 Å². The predicted octanol–water partition coefficient (Wildman–Crippen LogP) is 1.43. The maximum atomic E-state index is 11.2. The predicted molar refractivity (Wildman–Crippen MR) is 71.3 cm³/mol. The zero-order valence-corrected chi connectivity index (χ0v) is 11.4. The molecular formula is C15H22O4. The Balaban J connectivity index is 2.31. The van der Waals surface area contributed by atoms with Crippen LogP contribution in [0.5, 0.6) is 0 Å². The molecule has 2 fully saturated rings. The average Bonchev–Trinajstić information content (AvgIpc) is 2.96. The van der Waals surface area contributed by atoms with E-state index in [1.807, 2.05) is 13.0 Å². The summed E-state index contributed by atoms with van der Waals surface area (Å²) in [4.78, 5) is 11.2. The number of esters is 1.